The molecule has 0 unspecified atom stereocenters. The highest BCUT2D eigenvalue weighted by molar-refractivity contribution is 6.07. The van der Waals surface area contributed by atoms with Crippen LogP contribution in [0.2, 0.25) is 0 Å². The lowest BCUT2D eigenvalue weighted by molar-refractivity contribution is 0.0982. The van der Waals surface area contributed by atoms with E-state index in [2.05, 4.69) is 0 Å². The first kappa shape index (κ1) is 16.6. The molecule has 0 aromatic heterocycles. The van der Waals surface area contributed by atoms with Crippen LogP contribution in [0.3, 0.4) is 0 Å². The van der Waals surface area contributed by atoms with E-state index in [1.807, 2.05) is 45.3 Å². The summed E-state index contributed by atoms with van der Waals surface area (Å²) in [6.45, 7) is 1.98. The van der Waals surface area contributed by atoms with Crippen molar-refractivity contribution < 1.29 is 14.3 Å². The number of ether oxygens (including phenoxy) is 2. The lowest BCUT2D eigenvalue weighted by Crippen LogP contribution is -2.14. The molecule has 0 aliphatic carbocycles. The Morgan fingerprint density at radius 2 is 1.70 bits per heavy atom. The molecule has 2 aromatic rings. The van der Waals surface area contributed by atoms with Crippen LogP contribution in [0.1, 0.15) is 15.9 Å². The van der Waals surface area contributed by atoms with Crippen LogP contribution in [0.4, 0.5) is 0 Å². The van der Waals surface area contributed by atoms with Crippen molar-refractivity contribution in [1.29, 1.82) is 0 Å². The van der Waals surface area contributed by atoms with Crippen LogP contribution in [0, 0.1) is 6.92 Å². The average molecular weight is 311 g/mol. The van der Waals surface area contributed by atoms with Gasteiger partial charge in [0.2, 0.25) is 5.78 Å². The molecule has 0 saturated heterocycles. The molecule has 0 atom stereocenters. The van der Waals surface area contributed by atoms with Crippen molar-refractivity contribution in [1.82, 2.24) is 4.90 Å². The summed E-state index contributed by atoms with van der Waals surface area (Å²) in [5, 5.41) is 0. The predicted octanol–water partition coefficient (Wildman–Crippen LogP) is 3.67. The van der Waals surface area contributed by atoms with Crippen LogP contribution in [0.5, 0.6) is 11.5 Å². The molecule has 0 radical (unpaired) electrons. The Kier molecular flexibility index (Phi) is 5.41. The van der Waals surface area contributed by atoms with E-state index < -0.39 is 0 Å². The Labute approximate surface area is 137 Å². The van der Waals surface area contributed by atoms with Crippen LogP contribution >= 0.6 is 0 Å². The highest BCUT2D eigenvalue weighted by Crippen LogP contribution is 2.22. The van der Waals surface area contributed by atoms with Crippen LogP contribution in [-0.2, 0) is 0 Å². The van der Waals surface area contributed by atoms with E-state index in [9.17, 15) is 4.79 Å². The van der Waals surface area contributed by atoms with Crippen molar-refractivity contribution >= 4 is 5.78 Å². The maximum absolute atomic E-state index is 12.7. The summed E-state index contributed by atoms with van der Waals surface area (Å²) in [6, 6.07) is 14.6. The number of hydrogen-bond acceptors (Lipinski definition) is 4. The number of nitrogens with zero attached hydrogens (tertiary/aromatic N) is 1. The number of allylic oxidation sites excluding steroid dienone is 1. The number of carbonyl (C=O) groups excluding carboxylic acids is 1. The minimum absolute atomic E-state index is 0.165. The summed E-state index contributed by atoms with van der Waals surface area (Å²) in [6.07, 6.45) is 1.67. The standard InChI is InChI=1S/C19H21NO3/c1-14-8-10-15(11-9-14)19(21)18(13-20(2)3)23-17-7-5-6-16(12-17)22-4/h5-13H,1-4H3/b18-13-. The fraction of sp³-hybridized carbons (Fsp3) is 0.211. The summed E-state index contributed by atoms with van der Waals surface area (Å²) in [7, 11) is 5.28. The van der Waals surface area contributed by atoms with Gasteiger partial charge in [0.25, 0.3) is 0 Å². The molecular formula is C19H21NO3. The van der Waals surface area contributed by atoms with Crippen LogP contribution in [0.25, 0.3) is 0 Å². The maximum atomic E-state index is 12.7. The first-order valence-electron chi connectivity index (χ1n) is 7.31. The van der Waals surface area contributed by atoms with Crippen molar-refractivity contribution in [2.75, 3.05) is 21.2 Å². The number of aryl methyl sites for hydroxylation is 1. The van der Waals surface area contributed by atoms with E-state index in [0.29, 0.717) is 17.1 Å². The van der Waals surface area contributed by atoms with E-state index >= 15 is 0 Å². The van der Waals surface area contributed by atoms with Gasteiger partial charge in [-0.3, -0.25) is 4.79 Å². The van der Waals surface area contributed by atoms with Gasteiger partial charge in [-0.2, -0.15) is 0 Å². The summed E-state index contributed by atoms with van der Waals surface area (Å²) < 4.78 is 11.0. The number of Topliss-reactive ketones (excluding diaryl/α,β-unsaturated/α-hetero) is 1. The number of benzene rings is 2. The number of methoxy groups -OCH3 is 1. The third-order valence-electron chi connectivity index (χ3n) is 3.18. The minimum Gasteiger partial charge on any atom is -0.497 e. The summed E-state index contributed by atoms with van der Waals surface area (Å²) in [5.74, 6) is 1.32. The zero-order valence-corrected chi connectivity index (χ0v) is 13.9. The molecule has 2 rings (SSSR count). The third-order valence-corrected chi connectivity index (χ3v) is 3.18. The van der Waals surface area contributed by atoms with Gasteiger partial charge in [0.1, 0.15) is 11.5 Å². The fourth-order valence-electron chi connectivity index (χ4n) is 2.00. The molecule has 4 heteroatoms. The zero-order valence-electron chi connectivity index (χ0n) is 13.9. The van der Waals surface area contributed by atoms with Gasteiger partial charge in [-0.1, -0.05) is 35.9 Å². The van der Waals surface area contributed by atoms with Gasteiger partial charge in [0.05, 0.1) is 7.11 Å². The van der Waals surface area contributed by atoms with E-state index in [0.717, 1.165) is 5.56 Å². The van der Waals surface area contributed by atoms with Crippen LogP contribution in [-0.4, -0.2) is 31.9 Å². The Morgan fingerprint density at radius 1 is 1.04 bits per heavy atom. The second-order valence-electron chi connectivity index (χ2n) is 5.43. The van der Waals surface area contributed by atoms with Crippen molar-refractivity contribution in [3.05, 3.63) is 71.6 Å². The normalized spacial score (nSPS) is 11.0. The molecule has 0 saturated carbocycles. The second kappa shape index (κ2) is 7.49. The molecule has 120 valence electrons. The molecule has 0 bridgehead atoms. The van der Waals surface area contributed by atoms with Gasteiger partial charge in [-0.25, -0.2) is 0 Å². The lowest BCUT2D eigenvalue weighted by Gasteiger charge is -2.13. The highest BCUT2D eigenvalue weighted by Gasteiger charge is 2.15. The number of ketones is 1. The van der Waals surface area contributed by atoms with Crippen molar-refractivity contribution in [3.8, 4) is 11.5 Å². The van der Waals surface area contributed by atoms with Crippen LogP contribution in [0.15, 0.2) is 60.5 Å². The van der Waals surface area contributed by atoms with Gasteiger partial charge in [-0.05, 0) is 19.1 Å². The predicted molar refractivity (Wildman–Crippen MR) is 90.9 cm³/mol. The Bertz CT molecular complexity index is 703. The Hall–Kier alpha value is -2.75. The lowest BCUT2D eigenvalue weighted by atomic mass is 10.1. The quantitative estimate of drug-likeness (QED) is 0.463. The number of hydrogen-bond donors (Lipinski definition) is 0. The molecule has 0 N–H and O–H groups in total. The van der Waals surface area contributed by atoms with E-state index in [4.69, 9.17) is 9.47 Å². The first-order chi connectivity index (χ1) is 11.0. The zero-order chi connectivity index (χ0) is 16.8. The molecule has 0 amide bonds. The van der Waals surface area contributed by atoms with Gasteiger partial charge in [0.15, 0.2) is 5.76 Å². The van der Waals surface area contributed by atoms with Crippen molar-refractivity contribution in [3.63, 3.8) is 0 Å². The van der Waals surface area contributed by atoms with E-state index in [1.165, 1.54) is 0 Å². The van der Waals surface area contributed by atoms with Gasteiger partial charge in [0, 0.05) is 31.9 Å². The molecule has 0 aliphatic heterocycles. The summed E-state index contributed by atoms with van der Waals surface area (Å²) in [5.41, 5.74) is 1.69. The molecule has 0 aliphatic rings. The van der Waals surface area contributed by atoms with Gasteiger partial charge >= 0.3 is 0 Å². The molecule has 4 nitrogen and oxygen atoms in total. The highest BCUT2D eigenvalue weighted by atomic mass is 16.5. The van der Waals surface area contributed by atoms with Gasteiger partial charge < -0.3 is 14.4 Å². The topological polar surface area (TPSA) is 38.8 Å². The third kappa shape index (κ3) is 4.61. The van der Waals surface area contributed by atoms with E-state index in [1.54, 1.807) is 42.5 Å². The SMILES string of the molecule is COc1cccc(O/C(=C\N(C)C)C(=O)c2ccc(C)cc2)c1. The fourth-order valence-corrected chi connectivity index (χ4v) is 2.00. The van der Waals surface area contributed by atoms with Crippen molar-refractivity contribution in [2.45, 2.75) is 6.92 Å². The maximum Gasteiger partial charge on any atom is 0.229 e. The monoisotopic (exact) mass is 311 g/mol. The minimum atomic E-state index is -0.165. The molecule has 0 fully saturated rings. The molecule has 2 aromatic carbocycles. The largest absolute Gasteiger partial charge is 0.497 e. The summed E-state index contributed by atoms with van der Waals surface area (Å²) >= 11 is 0. The second-order valence-corrected chi connectivity index (χ2v) is 5.43. The molecular weight excluding hydrogens is 290 g/mol. The smallest absolute Gasteiger partial charge is 0.229 e. The Balaban J connectivity index is 2.30. The summed E-state index contributed by atoms with van der Waals surface area (Å²) in [4.78, 5) is 14.5. The number of carbonyl (C=O) groups is 1. The average Bonchev–Trinajstić information content (AvgIpc) is 2.54. The van der Waals surface area contributed by atoms with Crippen LogP contribution < -0.4 is 9.47 Å². The molecule has 23 heavy (non-hydrogen) atoms. The Morgan fingerprint density at radius 3 is 2.30 bits per heavy atom. The van der Waals surface area contributed by atoms with Gasteiger partial charge in [-0.15, -0.1) is 0 Å². The van der Waals surface area contributed by atoms with E-state index in [-0.39, 0.29) is 11.5 Å². The number of rotatable bonds is 6. The molecule has 0 heterocycles. The van der Waals surface area contributed by atoms with Crippen molar-refractivity contribution in [2.24, 2.45) is 0 Å². The first-order valence-corrected chi connectivity index (χ1v) is 7.31. The molecule has 0 spiro atoms.